The molecule has 2 aromatic rings. The van der Waals surface area contributed by atoms with Crippen molar-refractivity contribution in [1.82, 2.24) is 5.32 Å². The quantitative estimate of drug-likeness (QED) is 0.495. The predicted molar refractivity (Wildman–Crippen MR) is 109 cm³/mol. The third-order valence-electron chi connectivity index (χ3n) is 3.86. The molecule has 0 heterocycles. The lowest BCUT2D eigenvalue weighted by Crippen LogP contribution is -2.17. The number of halogens is 2. The molecule has 0 unspecified atom stereocenters. The Morgan fingerprint density at radius 1 is 1.11 bits per heavy atom. The summed E-state index contributed by atoms with van der Waals surface area (Å²) in [6, 6.07) is 10.2. The standard InChI is InChI=1S/C21H27BrFNO3/c1-15(2)26-10-4-9-24-13-17-11-19(22)21(20(12-17)25-3)27-14-16-5-7-18(23)8-6-16/h5-8,11-12,15,24H,4,9-10,13-14H2,1-3H3. The van der Waals surface area contributed by atoms with Crippen LogP contribution in [-0.2, 0) is 17.9 Å². The van der Waals surface area contributed by atoms with Crippen molar-refractivity contribution in [3.05, 3.63) is 57.8 Å². The van der Waals surface area contributed by atoms with Crippen LogP contribution in [0.1, 0.15) is 31.4 Å². The van der Waals surface area contributed by atoms with Gasteiger partial charge in [-0.05, 0) is 78.1 Å². The van der Waals surface area contributed by atoms with Crippen molar-refractivity contribution in [2.45, 2.75) is 39.5 Å². The van der Waals surface area contributed by atoms with Crippen LogP contribution in [0.2, 0.25) is 0 Å². The molecule has 4 nitrogen and oxygen atoms in total. The number of nitrogens with one attached hydrogen (secondary N) is 1. The maximum atomic E-state index is 13.0. The fourth-order valence-electron chi connectivity index (χ4n) is 2.50. The Hall–Kier alpha value is -1.63. The van der Waals surface area contributed by atoms with Gasteiger partial charge in [-0.1, -0.05) is 12.1 Å². The van der Waals surface area contributed by atoms with Crippen LogP contribution in [0.3, 0.4) is 0 Å². The number of rotatable bonds is 11. The zero-order valence-electron chi connectivity index (χ0n) is 16.1. The smallest absolute Gasteiger partial charge is 0.175 e. The third-order valence-corrected chi connectivity index (χ3v) is 4.45. The second-order valence-corrected chi connectivity index (χ2v) is 7.33. The Labute approximate surface area is 169 Å². The molecule has 0 atom stereocenters. The van der Waals surface area contributed by atoms with Gasteiger partial charge in [0, 0.05) is 13.2 Å². The second-order valence-electron chi connectivity index (χ2n) is 6.47. The van der Waals surface area contributed by atoms with Gasteiger partial charge in [-0.25, -0.2) is 4.39 Å². The van der Waals surface area contributed by atoms with Crippen molar-refractivity contribution in [3.63, 3.8) is 0 Å². The van der Waals surface area contributed by atoms with Gasteiger partial charge in [0.15, 0.2) is 11.5 Å². The molecule has 0 aromatic heterocycles. The van der Waals surface area contributed by atoms with Gasteiger partial charge in [-0.2, -0.15) is 0 Å². The summed E-state index contributed by atoms with van der Waals surface area (Å²) in [4.78, 5) is 0. The first-order chi connectivity index (χ1) is 13.0. The first-order valence-corrected chi connectivity index (χ1v) is 9.85. The molecule has 0 aliphatic heterocycles. The van der Waals surface area contributed by atoms with E-state index < -0.39 is 0 Å². The van der Waals surface area contributed by atoms with Gasteiger partial charge in [0.2, 0.25) is 0 Å². The van der Waals surface area contributed by atoms with Crippen LogP contribution in [0.25, 0.3) is 0 Å². The van der Waals surface area contributed by atoms with E-state index in [-0.39, 0.29) is 11.9 Å². The minimum atomic E-state index is -0.259. The van der Waals surface area contributed by atoms with Crippen LogP contribution < -0.4 is 14.8 Å². The maximum Gasteiger partial charge on any atom is 0.175 e. The summed E-state index contributed by atoms with van der Waals surface area (Å²) in [7, 11) is 1.62. The van der Waals surface area contributed by atoms with Crippen LogP contribution in [0.5, 0.6) is 11.5 Å². The number of methoxy groups -OCH3 is 1. The van der Waals surface area contributed by atoms with E-state index >= 15 is 0 Å². The van der Waals surface area contributed by atoms with E-state index in [1.54, 1.807) is 19.2 Å². The molecule has 2 aromatic carbocycles. The molecule has 0 aliphatic carbocycles. The normalized spacial score (nSPS) is 11.0. The van der Waals surface area contributed by atoms with Crippen LogP contribution in [0, 0.1) is 5.82 Å². The van der Waals surface area contributed by atoms with E-state index in [1.165, 1.54) is 12.1 Å². The van der Waals surface area contributed by atoms with Crippen molar-refractivity contribution in [1.29, 1.82) is 0 Å². The molecule has 0 saturated heterocycles. The highest BCUT2D eigenvalue weighted by Gasteiger charge is 2.12. The third kappa shape index (κ3) is 7.48. The van der Waals surface area contributed by atoms with Crippen molar-refractivity contribution >= 4 is 15.9 Å². The molecule has 0 fully saturated rings. The molecule has 2 rings (SSSR count). The van der Waals surface area contributed by atoms with Crippen LogP contribution in [-0.4, -0.2) is 26.4 Å². The van der Waals surface area contributed by atoms with Crippen LogP contribution in [0.15, 0.2) is 40.9 Å². The van der Waals surface area contributed by atoms with E-state index in [0.29, 0.717) is 18.1 Å². The molecular formula is C21H27BrFNO3. The van der Waals surface area contributed by atoms with E-state index in [4.69, 9.17) is 14.2 Å². The molecule has 0 spiro atoms. The molecule has 0 bridgehead atoms. The lowest BCUT2D eigenvalue weighted by Gasteiger charge is -2.15. The molecule has 0 amide bonds. The minimum absolute atomic E-state index is 0.259. The minimum Gasteiger partial charge on any atom is -0.493 e. The Morgan fingerprint density at radius 3 is 2.52 bits per heavy atom. The summed E-state index contributed by atoms with van der Waals surface area (Å²) in [6.07, 6.45) is 1.24. The van der Waals surface area contributed by atoms with Crippen LogP contribution in [0.4, 0.5) is 4.39 Å². The second kappa shape index (κ2) is 11.3. The largest absolute Gasteiger partial charge is 0.493 e. The molecule has 27 heavy (non-hydrogen) atoms. The molecule has 6 heteroatoms. The number of hydrogen-bond acceptors (Lipinski definition) is 4. The Bertz CT molecular complexity index is 707. The molecular weight excluding hydrogens is 413 g/mol. The van der Waals surface area contributed by atoms with Crippen molar-refractivity contribution in [2.24, 2.45) is 0 Å². The number of ether oxygens (including phenoxy) is 3. The number of benzene rings is 2. The Kier molecular flexibility index (Phi) is 9.04. The molecule has 0 saturated carbocycles. The van der Waals surface area contributed by atoms with Gasteiger partial charge in [-0.3, -0.25) is 0 Å². The van der Waals surface area contributed by atoms with Gasteiger partial charge < -0.3 is 19.5 Å². The predicted octanol–water partition coefficient (Wildman–Crippen LogP) is 5.08. The Balaban J connectivity index is 1.90. The Morgan fingerprint density at radius 2 is 1.85 bits per heavy atom. The van der Waals surface area contributed by atoms with E-state index in [9.17, 15) is 4.39 Å². The highest BCUT2D eigenvalue weighted by molar-refractivity contribution is 9.10. The zero-order chi connectivity index (χ0) is 19.6. The highest BCUT2D eigenvalue weighted by Crippen LogP contribution is 2.37. The fraction of sp³-hybridized carbons (Fsp3) is 0.429. The average Bonchev–Trinajstić information content (AvgIpc) is 2.64. The maximum absolute atomic E-state index is 13.0. The van der Waals surface area contributed by atoms with E-state index in [1.807, 2.05) is 26.0 Å². The molecule has 0 radical (unpaired) electrons. The van der Waals surface area contributed by atoms with Gasteiger partial charge >= 0.3 is 0 Å². The average molecular weight is 440 g/mol. The summed E-state index contributed by atoms with van der Waals surface area (Å²) in [5.41, 5.74) is 1.98. The zero-order valence-corrected chi connectivity index (χ0v) is 17.6. The van der Waals surface area contributed by atoms with Gasteiger partial charge in [0.05, 0.1) is 17.7 Å². The van der Waals surface area contributed by atoms with Gasteiger partial charge in [-0.15, -0.1) is 0 Å². The van der Waals surface area contributed by atoms with E-state index in [2.05, 4.69) is 21.2 Å². The topological polar surface area (TPSA) is 39.7 Å². The van der Waals surface area contributed by atoms with Crippen molar-refractivity contribution < 1.29 is 18.6 Å². The first-order valence-electron chi connectivity index (χ1n) is 9.05. The fourth-order valence-corrected chi connectivity index (χ4v) is 3.10. The van der Waals surface area contributed by atoms with Gasteiger partial charge in [0.1, 0.15) is 12.4 Å². The van der Waals surface area contributed by atoms with E-state index in [0.717, 1.165) is 41.7 Å². The first kappa shape index (κ1) is 21.7. The molecule has 148 valence electrons. The highest BCUT2D eigenvalue weighted by atomic mass is 79.9. The summed E-state index contributed by atoms with van der Waals surface area (Å²) >= 11 is 3.56. The summed E-state index contributed by atoms with van der Waals surface area (Å²) in [6.45, 7) is 6.79. The van der Waals surface area contributed by atoms with Crippen LogP contribution >= 0.6 is 15.9 Å². The SMILES string of the molecule is COc1cc(CNCCCOC(C)C)cc(Br)c1OCc1ccc(F)cc1. The lowest BCUT2D eigenvalue weighted by molar-refractivity contribution is 0.0770. The summed E-state index contributed by atoms with van der Waals surface area (Å²) in [5, 5.41) is 3.40. The van der Waals surface area contributed by atoms with Crippen molar-refractivity contribution in [2.75, 3.05) is 20.3 Å². The lowest BCUT2D eigenvalue weighted by atomic mass is 10.2. The monoisotopic (exact) mass is 439 g/mol. The van der Waals surface area contributed by atoms with Crippen molar-refractivity contribution in [3.8, 4) is 11.5 Å². The summed E-state index contributed by atoms with van der Waals surface area (Å²) in [5.74, 6) is 1.03. The number of hydrogen-bond donors (Lipinski definition) is 1. The summed E-state index contributed by atoms with van der Waals surface area (Å²) < 4.78 is 30.7. The van der Waals surface area contributed by atoms with Gasteiger partial charge in [0.25, 0.3) is 0 Å². The molecule has 0 aliphatic rings. The molecule has 1 N–H and O–H groups in total.